The molecule has 0 spiro atoms. The molecule has 4 N–H and O–H groups in total. The topological polar surface area (TPSA) is 101 Å². The van der Waals surface area contributed by atoms with Crippen molar-refractivity contribution in [2.45, 2.75) is 32.2 Å². The van der Waals surface area contributed by atoms with Gasteiger partial charge >= 0.3 is 0 Å². The van der Waals surface area contributed by atoms with Crippen LogP contribution in [-0.4, -0.2) is 39.7 Å². The molecule has 6 nitrogen and oxygen atoms in total. The maximum absolute atomic E-state index is 11.9. The van der Waals surface area contributed by atoms with Gasteiger partial charge in [0, 0.05) is 12.6 Å². The first kappa shape index (κ1) is 14.4. The van der Waals surface area contributed by atoms with E-state index in [0.29, 0.717) is 0 Å². The van der Waals surface area contributed by atoms with Crippen molar-refractivity contribution in [1.29, 1.82) is 0 Å². The summed E-state index contributed by atoms with van der Waals surface area (Å²) in [6, 6.07) is -0.136. The van der Waals surface area contributed by atoms with Gasteiger partial charge in [-0.3, -0.25) is 4.79 Å². The highest BCUT2D eigenvalue weighted by atomic mass is 32.2. The van der Waals surface area contributed by atoms with Crippen molar-refractivity contribution in [2.24, 2.45) is 11.1 Å². The van der Waals surface area contributed by atoms with Gasteiger partial charge in [-0.25, -0.2) is 13.1 Å². The average Bonchev–Trinajstić information content (AvgIpc) is 2.60. The van der Waals surface area contributed by atoms with Gasteiger partial charge in [0.15, 0.2) is 0 Å². The minimum absolute atomic E-state index is 0.111. The molecule has 1 saturated carbocycles. The third-order valence-corrected chi connectivity index (χ3v) is 4.88. The quantitative estimate of drug-likeness (QED) is 0.602. The van der Waals surface area contributed by atoms with Crippen molar-refractivity contribution in [2.75, 3.05) is 19.3 Å². The van der Waals surface area contributed by atoms with Gasteiger partial charge in [0.2, 0.25) is 15.9 Å². The maximum Gasteiger partial charge on any atom is 0.227 e. The first-order valence-electron chi connectivity index (χ1n) is 5.77. The molecular formula is C10H21N3O3S. The van der Waals surface area contributed by atoms with E-state index >= 15 is 0 Å². The largest absolute Gasteiger partial charge is 0.355 e. The molecule has 1 amide bonds. The summed E-state index contributed by atoms with van der Waals surface area (Å²) in [5, 5.41) is 2.65. The monoisotopic (exact) mass is 263 g/mol. The first-order valence-corrected chi connectivity index (χ1v) is 7.42. The number of hydrogen-bond acceptors (Lipinski definition) is 4. The molecule has 0 aromatic heterocycles. The van der Waals surface area contributed by atoms with Crippen LogP contribution < -0.4 is 15.8 Å². The molecule has 1 fully saturated rings. The second kappa shape index (κ2) is 5.32. The van der Waals surface area contributed by atoms with Crippen molar-refractivity contribution >= 4 is 15.9 Å². The van der Waals surface area contributed by atoms with Crippen LogP contribution in [-0.2, 0) is 14.8 Å². The minimum atomic E-state index is -3.27. The Kier molecular flexibility index (Phi) is 4.51. The lowest BCUT2D eigenvalue weighted by Gasteiger charge is -2.27. The second-order valence-electron chi connectivity index (χ2n) is 4.70. The van der Waals surface area contributed by atoms with Crippen molar-refractivity contribution in [1.82, 2.24) is 10.0 Å². The van der Waals surface area contributed by atoms with Crippen molar-refractivity contribution in [3.05, 3.63) is 0 Å². The van der Waals surface area contributed by atoms with Crippen LogP contribution in [0.15, 0.2) is 0 Å². The zero-order valence-electron chi connectivity index (χ0n) is 10.3. The molecule has 2 unspecified atom stereocenters. The molecule has 0 heterocycles. The lowest BCUT2D eigenvalue weighted by Crippen LogP contribution is -2.48. The summed E-state index contributed by atoms with van der Waals surface area (Å²) in [4.78, 5) is 11.9. The Hall–Kier alpha value is -0.660. The van der Waals surface area contributed by atoms with Gasteiger partial charge in [-0.1, -0.05) is 6.42 Å². The second-order valence-corrected chi connectivity index (χ2v) is 6.74. The van der Waals surface area contributed by atoms with E-state index in [1.165, 1.54) is 7.05 Å². The number of hydrogen-bond donors (Lipinski definition) is 3. The maximum atomic E-state index is 11.9. The molecule has 1 rings (SSSR count). The molecule has 1 aliphatic rings. The molecule has 1 aliphatic carbocycles. The Morgan fingerprint density at radius 1 is 1.53 bits per heavy atom. The molecule has 17 heavy (non-hydrogen) atoms. The van der Waals surface area contributed by atoms with Gasteiger partial charge in [-0.15, -0.1) is 0 Å². The summed E-state index contributed by atoms with van der Waals surface area (Å²) >= 11 is 0. The van der Waals surface area contributed by atoms with Gasteiger partial charge in [-0.05, 0) is 26.8 Å². The van der Waals surface area contributed by atoms with E-state index in [0.717, 1.165) is 19.3 Å². The Balaban J connectivity index is 2.45. The highest BCUT2D eigenvalue weighted by Gasteiger charge is 2.42. The summed E-state index contributed by atoms with van der Waals surface area (Å²) in [5.74, 6) is -0.255. The summed E-state index contributed by atoms with van der Waals surface area (Å²) in [6.45, 7) is 1.96. The smallest absolute Gasteiger partial charge is 0.227 e. The fourth-order valence-corrected chi connectivity index (χ4v) is 2.65. The molecule has 0 saturated heterocycles. The summed E-state index contributed by atoms with van der Waals surface area (Å²) in [6.07, 6.45) is 2.55. The normalized spacial score (nSPS) is 29.2. The minimum Gasteiger partial charge on any atom is -0.355 e. The molecule has 0 aliphatic heterocycles. The highest BCUT2D eigenvalue weighted by molar-refractivity contribution is 7.89. The van der Waals surface area contributed by atoms with E-state index in [1.807, 2.05) is 6.92 Å². The van der Waals surface area contributed by atoms with Gasteiger partial charge in [0.25, 0.3) is 0 Å². The predicted molar refractivity (Wildman–Crippen MR) is 65.8 cm³/mol. The summed E-state index contributed by atoms with van der Waals surface area (Å²) in [5.41, 5.74) is 5.35. The van der Waals surface area contributed by atoms with Gasteiger partial charge < -0.3 is 11.1 Å². The first-order chi connectivity index (χ1) is 7.82. The van der Waals surface area contributed by atoms with Gasteiger partial charge in [0.05, 0.1) is 11.2 Å². The molecule has 0 bridgehead atoms. The van der Waals surface area contributed by atoms with E-state index in [-0.39, 0.29) is 24.2 Å². The van der Waals surface area contributed by atoms with Crippen LogP contribution in [0.4, 0.5) is 0 Å². The van der Waals surface area contributed by atoms with Crippen LogP contribution >= 0.6 is 0 Å². The standard InChI is InChI=1S/C10H21N3O3S/c1-10(5-3-4-8(10)11)9(14)13-6-7-17(15,16)12-2/h8,12H,3-7,11H2,1-2H3,(H,13,14). The zero-order valence-corrected chi connectivity index (χ0v) is 11.1. The van der Waals surface area contributed by atoms with Crippen molar-refractivity contribution in [3.8, 4) is 0 Å². The Morgan fingerprint density at radius 2 is 2.18 bits per heavy atom. The number of rotatable bonds is 5. The third kappa shape index (κ3) is 3.40. The third-order valence-electron chi connectivity index (χ3n) is 3.52. The lowest BCUT2D eigenvalue weighted by molar-refractivity contribution is -0.130. The predicted octanol–water partition coefficient (Wildman–Crippen LogP) is -0.831. The van der Waals surface area contributed by atoms with Crippen LogP contribution in [0.1, 0.15) is 26.2 Å². The number of nitrogens with one attached hydrogen (secondary N) is 2. The van der Waals surface area contributed by atoms with Crippen LogP contribution in [0.5, 0.6) is 0 Å². The summed E-state index contributed by atoms with van der Waals surface area (Å²) in [7, 11) is -1.92. The molecule has 7 heteroatoms. The molecule has 2 atom stereocenters. The fraction of sp³-hybridized carbons (Fsp3) is 0.900. The van der Waals surface area contributed by atoms with Gasteiger partial charge in [-0.2, -0.15) is 0 Å². The average molecular weight is 263 g/mol. The zero-order chi connectivity index (χ0) is 13.1. The van der Waals surface area contributed by atoms with Crippen LogP contribution in [0.25, 0.3) is 0 Å². The molecule has 0 aromatic carbocycles. The highest BCUT2D eigenvalue weighted by Crippen LogP contribution is 2.36. The van der Waals surface area contributed by atoms with E-state index in [1.54, 1.807) is 0 Å². The molecular weight excluding hydrogens is 242 g/mol. The lowest BCUT2D eigenvalue weighted by atomic mass is 9.84. The SMILES string of the molecule is CNS(=O)(=O)CCNC(=O)C1(C)CCCC1N. The van der Waals surface area contributed by atoms with Crippen LogP contribution in [0, 0.1) is 5.41 Å². The summed E-state index contributed by atoms with van der Waals surface area (Å²) < 4.78 is 24.5. The number of carbonyl (C=O) groups excluding carboxylic acids is 1. The Morgan fingerprint density at radius 3 is 2.65 bits per heavy atom. The number of carbonyl (C=O) groups is 1. The number of sulfonamides is 1. The van der Waals surface area contributed by atoms with E-state index in [9.17, 15) is 13.2 Å². The van der Waals surface area contributed by atoms with Crippen LogP contribution in [0.2, 0.25) is 0 Å². The fourth-order valence-electron chi connectivity index (χ4n) is 2.08. The van der Waals surface area contributed by atoms with Crippen molar-refractivity contribution < 1.29 is 13.2 Å². The molecule has 0 aromatic rings. The van der Waals surface area contributed by atoms with Gasteiger partial charge in [0.1, 0.15) is 0 Å². The number of amides is 1. The van der Waals surface area contributed by atoms with Crippen molar-refractivity contribution in [3.63, 3.8) is 0 Å². The molecule has 100 valence electrons. The number of nitrogens with two attached hydrogens (primary N) is 1. The van der Waals surface area contributed by atoms with E-state index in [2.05, 4.69) is 10.0 Å². The Labute approximate surface area is 102 Å². The van der Waals surface area contributed by atoms with E-state index in [4.69, 9.17) is 5.73 Å². The van der Waals surface area contributed by atoms with E-state index < -0.39 is 15.4 Å². The Bertz CT molecular complexity index is 382. The molecule has 0 radical (unpaired) electrons. The van der Waals surface area contributed by atoms with Crippen LogP contribution in [0.3, 0.4) is 0 Å².